The fourth-order valence-electron chi connectivity index (χ4n) is 2.08. The molecule has 0 aliphatic heterocycles. The van der Waals surface area contributed by atoms with Crippen LogP contribution in [0.15, 0.2) is 29.2 Å². The van der Waals surface area contributed by atoms with E-state index in [4.69, 9.17) is 28.9 Å². The van der Waals surface area contributed by atoms with Crippen LogP contribution in [0.1, 0.15) is 21.5 Å². The van der Waals surface area contributed by atoms with Gasteiger partial charge in [0.1, 0.15) is 0 Å². The molecule has 0 spiro atoms. The summed E-state index contributed by atoms with van der Waals surface area (Å²) in [5.41, 5.74) is 6.54. The van der Waals surface area contributed by atoms with Gasteiger partial charge in [0, 0.05) is 0 Å². The van der Waals surface area contributed by atoms with Crippen molar-refractivity contribution in [3.8, 4) is 0 Å². The third-order valence-corrected chi connectivity index (χ3v) is 5.61. The molecule has 0 heterocycles. The molecule has 2 aromatic carbocycles. The van der Waals surface area contributed by atoms with Crippen LogP contribution in [0.4, 0.5) is 11.4 Å². The number of sulfonamides is 1. The number of aromatic carboxylic acids is 1. The normalized spacial score (nSPS) is 11.3. The van der Waals surface area contributed by atoms with E-state index in [1.165, 1.54) is 18.2 Å². The summed E-state index contributed by atoms with van der Waals surface area (Å²) < 4.78 is 27.5. The number of anilines is 2. The van der Waals surface area contributed by atoms with Gasteiger partial charge in [0.15, 0.2) is 0 Å². The molecule has 24 heavy (non-hydrogen) atoms. The predicted octanol–water partition coefficient (Wildman–Crippen LogP) is 2.36. The number of hydrogen-bond acceptors (Lipinski definition) is 5. The lowest BCUT2D eigenvalue weighted by atomic mass is 10.1. The topological polar surface area (TPSA) is 112 Å². The smallest absolute Gasteiger partial charge is 0.262 e. The van der Waals surface area contributed by atoms with E-state index < -0.39 is 16.0 Å². The van der Waals surface area contributed by atoms with Crippen molar-refractivity contribution < 1.29 is 18.3 Å². The Labute approximate surface area is 149 Å². The van der Waals surface area contributed by atoms with E-state index in [9.17, 15) is 18.3 Å². The molecule has 0 aliphatic carbocycles. The molecule has 3 N–H and O–H groups in total. The first kappa shape index (κ1) is 18.4. The number of benzene rings is 2. The highest BCUT2D eigenvalue weighted by atomic mass is 35.5. The number of carbonyl (C=O) groups excluding carboxylic acids is 1. The number of carboxylic acids is 1. The second kappa shape index (κ2) is 6.51. The summed E-state index contributed by atoms with van der Waals surface area (Å²) in [4.78, 5) is 10.9. The van der Waals surface area contributed by atoms with Crippen molar-refractivity contribution >= 4 is 50.6 Å². The van der Waals surface area contributed by atoms with Crippen molar-refractivity contribution in [1.29, 1.82) is 0 Å². The number of hydrogen-bond donors (Lipinski definition) is 2. The molecular weight excluding hydrogens is 375 g/mol. The van der Waals surface area contributed by atoms with Crippen molar-refractivity contribution in [3.63, 3.8) is 0 Å². The van der Waals surface area contributed by atoms with Crippen molar-refractivity contribution in [2.75, 3.05) is 10.5 Å². The molecule has 2 rings (SSSR count). The molecule has 0 fully saturated rings. The highest BCUT2D eigenvalue weighted by Gasteiger charge is 2.20. The van der Waals surface area contributed by atoms with Gasteiger partial charge in [-0.1, -0.05) is 23.2 Å². The summed E-state index contributed by atoms with van der Waals surface area (Å²) in [7, 11) is -4.07. The average Bonchev–Trinajstić information content (AvgIpc) is 2.46. The highest BCUT2D eigenvalue weighted by Crippen LogP contribution is 2.32. The maximum atomic E-state index is 12.6. The average molecular weight is 388 g/mol. The lowest BCUT2D eigenvalue weighted by Crippen LogP contribution is -2.24. The summed E-state index contributed by atoms with van der Waals surface area (Å²) in [6.07, 6.45) is 0. The Balaban J connectivity index is 2.54. The largest absolute Gasteiger partial charge is 0.545 e. The first-order valence-corrected chi connectivity index (χ1v) is 8.86. The Hall–Kier alpha value is -1.96. The SMILES string of the molecule is Cc1cc(C(=O)[O-])cc(S(=O)(=O)Nc2cc(Cl)c(N)c(Cl)c2)c1C. The van der Waals surface area contributed by atoms with Crippen molar-refractivity contribution in [3.05, 3.63) is 51.0 Å². The van der Waals surface area contributed by atoms with Crippen LogP contribution in [0.2, 0.25) is 10.0 Å². The van der Waals surface area contributed by atoms with Crippen LogP contribution in [-0.2, 0) is 10.0 Å². The van der Waals surface area contributed by atoms with E-state index in [0.29, 0.717) is 11.1 Å². The van der Waals surface area contributed by atoms with Crippen LogP contribution in [0.25, 0.3) is 0 Å². The number of carbonyl (C=O) groups is 1. The quantitative estimate of drug-likeness (QED) is 0.781. The lowest BCUT2D eigenvalue weighted by Gasteiger charge is -2.15. The zero-order valence-electron chi connectivity index (χ0n) is 12.7. The van der Waals surface area contributed by atoms with E-state index in [-0.39, 0.29) is 31.9 Å². The van der Waals surface area contributed by atoms with E-state index in [0.717, 1.165) is 6.07 Å². The van der Waals surface area contributed by atoms with E-state index in [1.807, 2.05) is 0 Å². The third-order valence-electron chi connectivity index (χ3n) is 3.48. The molecule has 0 saturated carbocycles. The standard InChI is InChI=1S/C15H14Cl2N2O4S/c1-7-3-9(15(20)21)4-13(8(7)2)24(22,23)19-10-5-11(16)14(18)12(17)6-10/h3-6,19H,18H2,1-2H3,(H,20,21)/p-1. The van der Waals surface area contributed by atoms with Gasteiger partial charge >= 0.3 is 0 Å². The number of nitrogens with two attached hydrogens (primary N) is 1. The molecule has 0 radical (unpaired) electrons. The second-order valence-corrected chi connectivity index (χ2v) is 7.63. The van der Waals surface area contributed by atoms with Gasteiger partial charge in [-0.3, -0.25) is 4.72 Å². The molecule has 0 amide bonds. The number of halogens is 2. The molecule has 2 aromatic rings. The van der Waals surface area contributed by atoms with Gasteiger partial charge in [0.2, 0.25) is 0 Å². The molecule has 0 bridgehead atoms. The molecule has 0 atom stereocenters. The third kappa shape index (κ3) is 3.58. The molecule has 128 valence electrons. The summed E-state index contributed by atoms with van der Waals surface area (Å²) in [5, 5.41) is 11.2. The zero-order chi connectivity index (χ0) is 18.2. The van der Waals surface area contributed by atoms with E-state index in [1.54, 1.807) is 13.8 Å². The second-order valence-electron chi connectivity index (χ2n) is 5.16. The van der Waals surface area contributed by atoms with Crippen molar-refractivity contribution in [1.82, 2.24) is 0 Å². The van der Waals surface area contributed by atoms with Gasteiger partial charge in [-0.15, -0.1) is 0 Å². The molecule has 9 heteroatoms. The minimum Gasteiger partial charge on any atom is -0.545 e. The Morgan fingerprint density at radius 1 is 1.12 bits per heavy atom. The Kier molecular flexibility index (Phi) is 4.98. The van der Waals surface area contributed by atoms with Crippen LogP contribution in [0.5, 0.6) is 0 Å². The molecule has 0 unspecified atom stereocenters. The fourth-order valence-corrected chi connectivity index (χ4v) is 3.95. The monoisotopic (exact) mass is 387 g/mol. The number of nitrogens with one attached hydrogen (secondary N) is 1. The molecular formula is C15H13Cl2N2O4S-. The minimum absolute atomic E-state index is 0.0941. The lowest BCUT2D eigenvalue weighted by molar-refractivity contribution is -0.255. The maximum Gasteiger partial charge on any atom is 0.262 e. The number of aryl methyl sites for hydroxylation is 1. The molecule has 0 aromatic heterocycles. The summed E-state index contributed by atoms with van der Waals surface area (Å²) in [6, 6.07) is 5.01. The van der Waals surface area contributed by atoms with Gasteiger partial charge in [-0.25, -0.2) is 8.42 Å². The molecule has 6 nitrogen and oxygen atoms in total. The Morgan fingerprint density at radius 2 is 1.67 bits per heavy atom. The highest BCUT2D eigenvalue weighted by molar-refractivity contribution is 7.92. The van der Waals surface area contributed by atoms with Crippen molar-refractivity contribution in [2.45, 2.75) is 18.7 Å². The predicted molar refractivity (Wildman–Crippen MR) is 91.9 cm³/mol. The number of rotatable bonds is 4. The van der Waals surface area contributed by atoms with Crippen LogP contribution in [0, 0.1) is 13.8 Å². The minimum atomic E-state index is -4.07. The summed E-state index contributed by atoms with van der Waals surface area (Å²) in [6.45, 7) is 3.18. The van der Waals surface area contributed by atoms with Gasteiger partial charge in [-0.05, 0) is 54.8 Å². The van der Waals surface area contributed by atoms with Gasteiger partial charge < -0.3 is 15.6 Å². The zero-order valence-corrected chi connectivity index (χ0v) is 15.0. The first-order valence-electron chi connectivity index (χ1n) is 6.63. The van der Waals surface area contributed by atoms with E-state index >= 15 is 0 Å². The summed E-state index contributed by atoms with van der Waals surface area (Å²) >= 11 is 11.8. The number of carboxylic acid groups (broad SMARTS) is 1. The Morgan fingerprint density at radius 3 is 2.17 bits per heavy atom. The Bertz CT molecular complexity index is 920. The van der Waals surface area contributed by atoms with Gasteiger partial charge in [-0.2, -0.15) is 0 Å². The van der Waals surface area contributed by atoms with Gasteiger partial charge in [0.05, 0.1) is 32.3 Å². The van der Waals surface area contributed by atoms with Crippen LogP contribution >= 0.6 is 23.2 Å². The van der Waals surface area contributed by atoms with E-state index in [2.05, 4.69) is 4.72 Å². The maximum absolute atomic E-state index is 12.6. The molecule has 0 saturated heterocycles. The summed E-state index contributed by atoms with van der Waals surface area (Å²) in [5.74, 6) is -1.46. The van der Waals surface area contributed by atoms with Crippen LogP contribution < -0.4 is 15.6 Å². The van der Waals surface area contributed by atoms with Crippen molar-refractivity contribution in [2.24, 2.45) is 0 Å². The fraction of sp³-hybridized carbons (Fsp3) is 0.133. The molecule has 0 aliphatic rings. The van der Waals surface area contributed by atoms with Gasteiger partial charge in [0.25, 0.3) is 10.0 Å². The van der Waals surface area contributed by atoms with Crippen LogP contribution in [-0.4, -0.2) is 14.4 Å². The number of nitrogen functional groups attached to an aromatic ring is 1. The van der Waals surface area contributed by atoms with Crippen LogP contribution in [0.3, 0.4) is 0 Å². The first-order chi connectivity index (χ1) is 11.0.